The van der Waals surface area contributed by atoms with Crippen LogP contribution in [0.5, 0.6) is 0 Å². The summed E-state index contributed by atoms with van der Waals surface area (Å²) in [5, 5.41) is 7.33. The molecule has 0 saturated heterocycles. The van der Waals surface area contributed by atoms with E-state index in [1.165, 1.54) is 34.9 Å². The Kier molecular flexibility index (Phi) is 3.87. The molecule has 0 unspecified atom stereocenters. The lowest BCUT2D eigenvalue weighted by Gasteiger charge is -2.15. The van der Waals surface area contributed by atoms with Gasteiger partial charge in [-0.15, -0.1) is 11.3 Å². The summed E-state index contributed by atoms with van der Waals surface area (Å²) in [5.41, 5.74) is 2.05. The zero-order chi connectivity index (χ0) is 13.1. The summed E-state index contributed by atoms with van der Waals surface area (Å²) in [5.74, 6) is 0. The molecule has 2 aromatic rings. The van der Waals surface area contributed by atoms with Gasteiger partial charge in [-0.2, -0.15) is 0 Å². The fourth-order valence-electron chi connectivity index (χ4n) is 2.69. The van der Waals surface area contributed by atoms with E-state index in [0.29, 0.717) is 5.41 Å². The normalized spacial score (nSPS) is 16.9. The lowest BCUT2D eigenvalue weighted by atomic mass is 9.96. The van der Waals surface area contributed by atoms with Crippen molar-refractivity contribution in [1.82, 2.24) is 5.32 Å². The third-order valence-corrected chi connectivity index (χ3v) is 5.08. The van der Waals surface area contributed by atoms with E-state index in [-0.39, 0.29) is 0 Å². The molecule has 1 fully saturated rings. The highest BCUT2D eigenvalue weighted by Gasteiger charge is 2.42. The predicted octanol–water partition coefficient (Wildman–Crippen LogP) is 3.46. The highest BCUT2D eigenvalue weighted by molar-refractivity contribution is 7.17. The molecule has 0 atom stereocenters. The first kappa shape index (κ1) is 13.1. The molecule has 1 aromatic carbocycles. The Morgan fingerprint density at radius 1 is 1.32 bits per heavy atom. The molecule has 0 aliphatic heterocycles. The molecule has 1 heterocycles. The van der Waals surface area contributed by atoms with Crippen LogP contribution in [0, 0.1) is 5.41 Å². The van der Waals surface area contributed by atoms with Gasteiger partial charge in [-0.3, -0.25) is 0 Å². The quantitative estimate of drug-likeness (QED) is 0.781. The van der Waals surface area contributed by atoms with Crippen LogP contribution in [-0.4, -0.2) is 26.8 Å². The molecule has 3 rings (SSSR count). The van der Waals surface area contributed by atoms with E-state index in [1.54, 1.807) is 7.11 Å². The van der Waals surface area contributed by atoms with Crippen LogP contribution in [0.2, 0.25) is 0 Å². The Balaban J connectivity index is 1.64. The van der Waals surface area contributed by atoms with Crippen molar-refractivity contribution < 1.29 is 4.74 Å². The number of rotatable bonds is 7. The smallest absolute Gasteiger partial charge is 0.0587 e. The highest BCUT2D eigenvalue weighted by atomic mass is 32.1. The van der Waals surface area contributed by atoms with Crippen LogP contribution >= 0.6 is 11.3 Å². The summed E-state index contributed by atoms with van der Waals surface area (Å²) in [6, 6.07) is 8.76. The summed E-state index contributed by atoms with van der Waals surface area (Å²) >= 11 is 1.87. The second-order valence-corrected chi connectivity index (χ2v) is 6.51. The summed E-state index contributed by atoms with van der Waals surface area (Å²) in [6.45, 7) is 2.89. The molecule has 2 nitrogen and oxygen atoms in total. The van der Waals surface area contributed by atoms with Gasteiger partial charge in [-0.25, -0.2) is 0 Å². The van der Waals surface area contributed by atoms with Gasteiger partial charge in [0, 0.05) is 24.9 Å². The number of fused-ring (bicyclic) bond motifs is 1. The second kappa shape index (κ2) is 5.61. The van der Waals surface area contributed by atoms with Gasteiger partial charge >= 0.3 is 0 Å². The molecule has 0 amide bonds. The van der Waals surface area contributed by atoms with Crippen LogP contribution in [0.1, 0.15) is 18.4 Å². The van der Waals surface area contributed by atoms with E-state index in [2.05, 4.69) is 35.0 Å². The molecule has 102 valence electrons. The number of nitrogens with one attached hydrogen (secondary N) is 1. The Morgan fingerprint density at radius 2 is 2.16 bits per heavy atom. The number of hydrogen-bond donors (Lipinski definition) is 1. The van der Waals surface area contributed by atoms with Crippen molar-refractivity contribution in [3.8, 4) is 0 Å². The molecular weight excluding hydrogens is 254 g/mol. The van der Waals surface area contributed by atoms with Crippen LogP contribution < -0.4 is 5.32 Å². The summed E-state index contributed by atoms with van der Waals surface area (Å²) in [4.78, 5) is 0. The van der Waals surface area contributed by atoms with Crippen molar-refractivity contribution >= 4 is 21.4 Å². The fourth-order valence-corrected chi connectivity index (χ4v) is 3.66. The van der Waals surface area contributed by atoms with Crippen molar-refractivity contribution in [3.05, 3.63) is 35.2 Å². The Labute approximate surface area is 118 Å². The highest BCUT2D eigenvalue weighted by Crippen LogP contribution is 2.49. The van der Waals surface area contributed by atoms with Crippen LogP contribution in [0.15, 0.2) is 29.6 Å². The molecule has 3 heteroatoms. The largest absolute Gasteiger partial charge is 0.383 e. The topological polar surface area (TPSA) is 21.3 Å². The molecule has 1 aliphatic rings. The number of hydrogen-bond acceptors (Lipinski definition) is 3. The molecule has 0 radical (unpaired) electrons. The minimum absolute atomic E-state index is 0.511. The first-order valence-electron chi connectivity index (χ1n) is 6.98. The van der Waals surface area contributed by atoms with Crippen LogP contribution in [0.3, 0.4) is 0 Å². The lowest BCUT2D eigenvalue weighted by Crippen LogP contribution is -2.28. The standard InChI is InChI=1S/C16H21NOS/c1-18-9-8-17-12-16(6-7-16)10-13-11-19-15-5-3-2-4-14(13)15/h2-5,11,17H,6-10,12H2,1H3. The SMILES string of the molecule is COCCNCC1(Cc2csc3ccccc23)CC1. The summed E-state index contributed by atoms with van der Waals surface area (Å²) in [6.07, 6.45) is 3.94. The monoisotopic (exact) mass is 275 g/mol. The molecule has 1 N–H and O–H groups in total. The number of thiophene rings is 1. The summed E-state index contributed by atoms with van der Waals surface area (Å²) in [7, 11) is 1.76. The molecule has 0 spiro atoms. The van der Waals surface area contributed by atoms with Crippen molar-refractivity contribution in [2.75, 3.05) is 26.8 Å². The predicted molar refractivity (Wildman–Crippen MR) is 81.9 cm³/mol. The van der Waals surface area contributed by atoms with Crippen LogP contribution in [-0.2, 0) is 11.2 Å². The first-order valence-corrected chi connectivity index (χ1v) is 7.86. The third kappa shape index (κ3) is 2.99. The van der Waals surface area contributed by atoms with E-state index in [4.69, 9.17) is 4.74 Å². The molecule has 1 aliphatic carbocycles. The van der Waals surface area contributed by atoms with Gasteiger partial charge in [0.05, 0.1) is 6.61 Å². The average Bonchev–Trinajstić information content (AvgIpc) is 3.09. The Morgan fingerprint density at radius 3 is 2.95 bits per heavy atom. The Bertz CT molecular complexity index is 544. The summed E-state index contributed by atoms with van der Waals surface area (Å²) < 4.78 is 6.50. The minimum Gasteiger partial charge on any atom is -0.383 e. The zero-order valence-electron chi connectivity index (χ0n) is 11.4. The van der Waals surface area contributed by atoms with Crippen molar-refractivity contribution in [2.45, 2.75) is 19.3 Å². The van der Waals surface area contributed by atoms with Gasteiger partial charge in [0.15, 0.2) is 0 Å². The maximum atomic E-state index is 5.08. The maximum Gasteiger partial charge on any atom is 0.0587 e. The van der Waals surface area contributed by atoms with E-state index in [9.17, 15) is 0 Å². The van der Waals surface area contributed by atoms with E-state index >= 15 is 0 Å². The zero-order valence-corrected chi connectivity index (χ0v) is 12.3. The number of methoxy groups -OCH3 is 1. The van der Waals surface area contributed by atoms with Gasteiger partial charge in [0.2, 0.25) is 0 Å². The number of ether oxygens (including phenoxy) is 1. The fraction of sp³-hybridized carbons (Fsp3) is 0.500. The van der Waals surface area contributed by atoms with Crippen LogP contribution in [0.4, 0.5) is 0 Å². The molecular formula is C16H21NOS. The van der Waals surface area contributed by atoms with Crippen molar-refractivity contribution in [3.63, 3.8) is 0 Å². The van der Waals surface area contributed by atoms with E-state index in [1.807, 2.05) is 11.3 Å². The van der Waals surface area contributed by atoms with Crippen molar-refractivity contribution in [1.29, 1.82) is 0 Å². The van der Waals surface area contributed by atoms with E-state index in [0.717, 1.165) is 19.7 Å². The van der Waals surface area contributed by atoms with Gasteiger partial charge < -0.3 is 10.1 Å². The molecule has 1 aromatic heterocycles. The molecule has 19 heavy (non-hydrogen) atoms. The van der Waals surface area contributed by atoms with Gasteiger partial charge in [-0.1, -0.05) is 18.2 Å². The molecule has 0 bridgehead atoms. The maximum absolute atomic E-state index is 5.08. The van der Waals surface area contributed by atoms with E-state index < -0.39 is 0 Å². The van der Waals surface area contributed by atoms with Gasteiger partial charge in [0.1, 0.15) is 0 Å². The van der Waals surface area contributed by atoms with Gasteiger partial charge in [-0.05, 0) is 47.1 Å². The number of benzene rings is 1. The van der Waals surface area contributed by atoms with Crippen LogP contribution in [0.25, 0.3) is 10.1 Å². The van der Waals surface area contributed by atoms with Gasteiger partial charge in [0.25, 0.3) is 0 Å². The minimum atomic E-state index is 0.511. The lowest BCUT2D eigenvalue weighted by molar-refractivity contribution is 0.197. The second-order valence-electron chi connectivity index (χ2n) is 5.60. The Hall–Kier alpha value is -0.900. The first-order chi connectivity index (χ1) is 9.33. The third-order valence-electron chi connectivity index (χ3n) is 4.07. The molecule has 1 saturated carbocycles. The average molecular weight is 275 g/mol. The van der Waals surface area contributed by atoms with Crippen molar-refractivity contribution in [2.24, 2.45) is 5.41 Å².